The number of halogens is 1. The third kappa shape index (κ3) is 6.42. The highest BCUT2D eigenvalue weighted by Gasteiger charge is 2.39. The van der Waals surface area contributed by atoms with Crippen molar-refractivity contribution >= 4 is 31.9 Å². The van der Waals surface area contributed by atoms with Gasteiger partial charge < -0.3 is 4.74 Å². The molecular formula is C23H33BrN4O4S. The fraction of sp³-hybridized carbons (Fsp3) is 0.609. The third-order valence-corrected chi connectivity index (χ3v) is 9.05. The summed E-state index contributed by atoms with van der Waals surface area (Å²) in [4.78, 5) is 12.7. The molecule has 182 valence electrons. The van der Waals surface area contributed by atoms with E-state index in [1.54, 1.807) is 18.2 Å². The van der Waals surface area contributed by atoms with Crippen LogP contribution in [0.4, 0.5) is 0 Å². The lowest BCUT2D eigenvalue weighted by atomic mass is 9.89. The first-order valence-electron chi connectivity index (χ1n) is 11.5. The lowest BCUT2D eigenvalue weighted by molar-refractivity contribution is -0.146. The summed E-state index contributed by atoms with van der Waals surface area (Å²) >= 11 is 3.34. The number of hydrogen-bond donors (Lipinski definition) is 0. The number of esters is 1. The lowest BCUT2D eigenvalue weighted by Gasteiger charge is -2.31. The highest BCUT2D eigenvalue weighted by molar-refractivity contribution is 9.10. The normalized spacial score (nSPS) is 16.3. The van der Waals surface area contributed by atoms with Gasteiger partial charge in [0.05, 0.1) is 17.7 Å². The molecule has 1 atom stereocenters. The summed E-state index contributed by atoms with van der Waals surface area (Å²) in [6.07, 6.45) is 8.48. The predicted molar refractivity (Wildman–Crippen MR) is 129 cm³/mol. The molecule has 1 aliphatic carbocycles. The second-order valence-corrected chi connectivity index (χ2v) is 11.7. The van der Waals surface area contributed by atoms with E-state index in [2.05, 4.69) is 26.2 Å². The number of nitrogens with zero attached hydrogens (tertiary/aromatic N) is 4. The van der Waals surface area contributed by atoms with E-state index < -0.39 is 22.0 Å². The fourth-order valence-corrected chi connectivity index (χ4v) is 7.11. The second-order valence-electron chi connectivity index (χ2n) is 8.94. The first kappa shape index (κ1) is 25.8. The van der Waals surface area contributed by atoms with Crippen molar-refractivity contribution in [2.24, 2.45) is 11.8 Å². The van der Waals surface area contributed by atoms with E-state index >= 15 is 0 Å². The van der Waals surface area contributed by atoms with Crippen LogP contribution in [0, 0.1) is 11.8 Å². The van der Waals surface area contributed by atoms with Gasteiger partial charge in [-0.1, -0.05) is 50.5 Å². The Labute approximate surface area is 204 Å². The van der Waals surface area contributed by atoms with Gasteiger partial charge in [0.1, 0.15) is 6.04 Å². The first-order chi connectivity index (χ1) is 15.7. The van der Waals surface area contributed by atoms with Gasteiger partial charge in [0, 0.05) is 30.2 Å². The molecule has 1 aromatic carbocycles. The van der Waals surface area contributed by atoms with E-state index in [-0.39, 0.29) is 17.4 Å². The number of benzene rings is 1. The summed E-state index contributed by atoms with van der Waals surface area (Å²) in [6.45, 7) is 4.54. The van der Waals surface area contributed by atoms with Gasteiger partial charge in [-0.2, -0.15) is 4.31 Å². The number of aromatic nitrogens is 3. The average Bonchev–Trinajstić information content (AvgIpc) is 3.23. The van der Waals surface area contributed by atoms with Crippen molar-refractivity contribution in [3.8, 4) is 0 Å². The largest absolute Gasteiger partial charge is 0.468 e. The van der Waals surface area contributed by atoms with Gasteiger partial charge in [0.15, 0.2) is 0 Å². The zero-order valence-corrected chi connectivity index (χ0v) is 21.9. The van der Waals surface area contributed by atoms with E-state index in [1.807, 2.05) is 24.7 Å². The predicted octanol–water partition coefficient (Wildman–Crippen LogP) is 4.05. The van der Waals surface area contributed by atoms with Crippen LogP contribution in [-0.2, 0) is 32.5 Å². The van der Waals surface area contributed by atoms with Crippen LogP contribution in [0.1, 0.15) is 51.6 Å². The Morgan fingerprint density at radius 3 is 2.58 bits per heavy atom. The zero-order valence-electron chi connectivity index (χ0n) is 19.5. The number of methoxy groups -OCH3 is 1. The molecular weight excluding hydrogens is 508 g/mol. The Bertz CT molecular complexity index is 1030. The summed E-state index contributed by atoms with van der Waals surface area (Å²) in [5, 5.41) is 8.51. The Morgan fingerprint density at radius 2 is 1.94 bits per heavy atom. The van der Waals surface area contributed by atoms with Crippen LogP contribution in [-0.4, -0.2) is 53.4 Å². The van der Waals surface area contributed by atoms with Crippen molar-refractivity contribution in [1.82, 2.24) is 19.3 Å². The molecule has 1 heterocycles. The minimum Gasteiger partial charge on any atom is -0.468 e. The molecule has 33 heavy (non-hydrogen) atoms. The molecule has 0 radical (unpaired) electrons. The minimum absolute atomic E-state index is 0.0870. The number of carbonyl (C=O) groups excluding carboxylic acids is 1. The minimum atomic E-state index is -3.99. The number of hydrogen-bond acceptors (Lipinski definition) is 6. The summed E-state index contributed by atoms with van der Waals surface area (Å²) in [5.41, 5.74) is 0.700. The van der Waals surface area contributed by atoms with Gasteiger partial charge in [-0.25, -0.2) is 8.42 Å². The van der Waals surface area contributed by atoms with Crippen molar-refractivity contribution in [2.45, 2.75) is 69.9 Å². The summed E-state index contributed by atoms with van der Waals surface area (Å²) in [5.74, 6) is -0.247. The van der Waals surface area contributed by atoms with Crippen molar-refractivity contribution < 1.29 is 17.9 Å². The molecule has 0 bridgehead atoms. The van der Waals surface area contributed by atoms with Gasteiger partial charge in [0.25, 0.3) is 0 Å². The maximum absolute atomic E-state index is 13.7. The van der Waals surface area contributed by atoms with Gasteiger partial charge in [-0.3, -0.25) is 9.48 Å². The molecule has 1 aliphatic rings. The maximum Gasteiger partial charge on any atom is 0.324 e. The third-order valence-electron chi connectivity index (χ3n) is 6.15. The van der Waals surface area contributed by atoms with Gasteiger partial charge in [0.2, 0.25) is 10.0 Å². The molecule has 0 N–H and O–H groups in total. The second kappa shape index (κ2) is 11.6. The molecule has 8 nitrogen and oxygen atoms in total. The van der Waals surface area contributed by atoms with Crippen molar-refractivity contribution in [3.63, 3.8) is 0 Å². The van der Waals surface area contributed by atoms with Gasteiger partial charge in [-0.05, 0) is 52.7 Å². The Kier molecular flexibility index (Phi) is 9.06. The summed E-state index contributed by atoms with van der Waals surface area (Å²) < 4.78 is 35.8. The van der Waals surface area contributed by atoms with Crippen molar-refractivity contribution in [2.75, 3.05) is 13.7 Å². The number of ether oxygens (including phenoxy) is 1. The molecule has 0 spiro atoms. The van der Waals surface area contributed by atoms with Gasteiger partial charge >= 0.3 is 5.97 Å². The van der Waals surface area contributed by atoms with E-state index in [9.17, 15) is 13.2 Å². The molecule has 0 saturated heterocycles. The topological polar surface area (TPSA) is 94.4 Å². The van der Waals surface area contributed by atoms with E-state index in [4.69, 9.17) is 4.74 Å². The maximum atomic E-state index is 13.7. The van der Waals surface area contributed by atoms with E-state index in [1.165, 1.54) is 49.6 Å². The highest BCUT2D eigenvalue weighted by atomic mass is 79.9. The molecule has 1 fully saturated rings. The number of sulfonamides is 1. The van der Waals surface area contributed by atoms with Crippen molar-refractivity contribution in [1.29, 1.82) is 0 Å². The molecule has 0 aliphatic heterocycles. The Balaban J connectivity index is 1.83. The summed E-state index contributed by atoms with van der Waals surface area (Å²) in [7, 11) is -2.71. The molecule has 1 saturated carbocycles. The van der Waals surface area contributed by atoms with E-state index in [0.717, 1.165) is 6.54 Å². The molecule has 2 aromatic rings. The van der Waals surface area contributed by atoms with Crippen LogP contribution < -0.4 is 0 Å². The van der Waals surface area contributed by atoms with Crippen LogP contribution in [0.5, 0.6) is 0 Å². The standard InChI is InChI=1S/C23H33BrN4O4S/c1-17(2)22(23(29)32-3)28(33(30,31)21-12-8-7-11-20(21)24)14-13-19-16-27(26-25-19)15-18-9-5-4-6-10-18/h7-8,11-12,16-18,22H,4-6,9-10,13-15H2,1-3H3/t22-/m0/s1. The van der Waals surface area contributed by atoms with Crippen LogP contribution in [0.15, 0.2) is 39.8 Å². The zero-order chi connectivity index (χ0) is 24.0. The van der Waals surface area contributed by atoms with Crippen LogP contribution in [0.25, 0.3) is 0 Å². The monoisotopic (exact) mass is 540 g/mol. The number of carbonyl (C=O) groups is 1. The first-order valence-corrected chi connectivity index (χ1v) is 13.7. The van der Waals surface area contributed by atoms with Crippen molar-refractivity contribution in [3.05, 3.63) is 40.6 Å². The smallest absolute Gasteiger partial charge is 0.324 e. The Morgan fingerprint density at radius 1 is 1.24 bits per heavy atom. The molecule has 0 unspecified atom stereocenters. The fourth-order valence-electron chi connectivity index (χ4n) is 4.43. The van der Waals surface area contributed by atoms with Crippen LogP contribution in [0.2, 0.25) is 0 Å². The van der Waals surface area contributed by atoms with Crippen LogP contribution in [0.3, 0.4) is 0 Å². The Hall–Kier alpha value is -1.78. The van der Waals surface area contributed by atoms with E-state index in [0.29, 0.717) is 22.5 Å². The lowest BCUT2D eigenvalue weighted by Crippen LogP contribution is -2.49. The van der Waals surface area contributed by atoms with Crippen LogP contribution >= 0.6 is 15.9 Å². The molecule has 1 aromatic heterocycles. The highest BCUT2D eigenvalue weighted by Crippen LogP contribution is 2.29. The molecule has 0 amide bonds. The molecule has 3 rings (SSSR count). The van der Waals surface area contributed by atoms with Gasteiger partial charge in [-0.15, -0.1) is 5.10 Å². The summed E-state index contributed by atoms with van der Waals surface area (Å²) in [6, 6.07) is 5.66. The molecule has 10 heteroatoms. The average molecular weight is 542 g/mol. The SMILES string of the molecule is COC(=O)[C@H](C(C)C)N(CCc1cn(CC2CCCCC2)nn1)S(=O)(=O)c1ccccc1Br. The number of rotatable bonds is 10. The quantitative estimate of drug-likeness (QED) is 0.422.